The molecule has 1 rings (SSSR count). The van der Waals surface area contributed by atoms with E-state index in [2.05, 4.69) is 10.5 Å². The van der Waals surface area contributed by atoms with Crippen molar-refractivity contribution in [2.75, 3.05) is 13.1 Å². The summed E-state index contributed by atoms with van der Waals surface area (Å²) in [6.07, 6.45) is -1.43. The second-order valence-electron chi connectivity index (χ2n) is 4.60. The lowest BCUT2D eigenvalue weighted by molar-refractivity contribution is -0.155. The third-order valence-electron chi connectivity index (χ3n) is 3.42. The molecule has 0 aromatic carbocycles. The van der Waals surface area contributed by atoms with Crippen LogP contribution in [0.5, 0.6) is 0 Å². The lowest BCUT2D eigenvalue weighted by Crippen LogP contribution is -2.43. The molecule has 0 aliphatic heterocycles. The highest BCUT2D eigenvalue weighted by Crippen LogP contribution is 2.47. The van der Waals surface area contributed by atoms with Crippen molar-refractivity contribution in [2.24, 2.45) is 22.2 Å². The Morgan fingerprint density at radius 2 is 2.12 bits per heavy atom. The summed E-state index contributed by atoms with van der Waals surface area (Å²) in [5, 5.41) is 13.5. The zero-order chi connectivity index (χ0) is 13.1. The zero-order valence-corrected chi connectivity index (χ0v) is 9.72. The summed E-state index contributed by atoms with van der Waals surface area (Å²) in [7, 11) is 0. The van der Waals surface area contributed by atoms with Gasteiger partial charge in [-0.05, 0) is 24.7 Å². The molecule has 0 heterocycles. The van der Waals surface area contributed by atoms with Crippen LogP contribution in [-0.2, 0) is 0 Å². The van der Waals surface area contributed by atoms with Gasteiger partial charge >= 0.3 is 6.18 Å². The molecular weight excluding hydrogens is 235 g/mol. The standard InChI is InChI=1S/C10H18F3N3O/c1-2-9(3-4-9)6-15-5-7(8(14)16-17)10(11,12)13/h7,15,17H,2-6H2,1H3,(H2,14,16). The number of nitrogens with two attached hydrogens (primary N) is 1. The van der Waals surface area contributed by atoms with Gasteiger partial charge in [0.25, 0.3) is 0 Å². The second-order valence-corrected chi connectivity index (χ2v) is 4.60. The van der Waals surface area contributed by atoms with Gasteiger partial charge in [0, 0.05) is 13.1 Å². The summed E-state index contributed by atoms with van der Waals surface area (Å²) in [4.78, 5) is 0. The van der Waals surface area contributed by atoms with E-state index in [1.54, 1.807) is 0 Å². The molecule has 0 aromatic heterocycles. The Labute approximate surface area is 98.0 Å². The quantitative estimate of drug-likeness (QED) is 0.292. The van der Waals surface area contributed by atoms with Crippen LogP contribution in [0.3, 0.4) is 0 Å². The Morgan fingerprint density at radius 1 is 1.53 bits per heavy atom. The molecule has 7 heteroatoms. The number of nitrogens with zero attached hydrogens (tertiary/aromatic N) is 1. The van der Waals surface area contributed by atoms with E-state index < -0.39 is 17.9 Å². The Hall–Kier alpha value is -0.980. The third-order valence-corrected chi connectivity index (χ3v) is 3.42. The first-order valence-electron chi connectivity index (χ1n) is 5.59. The Bertz CT molecular complexity index is 287. The molecule has 1 saturated carbocycles. The molecule has 1 unspecified atom stereocenters. The highest BCUT2D eigenvalue weighted by atomic mass is 19.4. The van der Waals surface area contributed by atoms with Crippen molar-refractivity contribution in [3.05, 3.63) is 0 Å². The molecule has 0 bridgehead atoms. The van der Waals surface area contributed by atoms with Crippen LogP contribution in [-0.4, -0.2) is 30.3 Å². The molecule has 0 aromatic rings. The fourth-order valence-corrected chi connectivity index (χ4v) is 1.77. The van der Waals surface area contributed by atoms with E-state index in [-0.39, 0.29) is 12.0 Å². The van der Waals surface area contributed by atoms with Crippen LogP contribution in [0.1, 0.15) is 26.2 Å². The highest BCUT2D eigenvalue weighted by molar-refractivity contribution is 5.83. The van der Waals surface area contributed by atoms with Gasteiger partial charge in [0.2, 0.25) is 0 Å². The highest BCUT2D eigenvalue weighted by Gasteiger charge is 2.44. The first kappa shape index (κ1) is 14.1. The second kappa shape index (κ2) is 5.12. The number of hydrogen-bond donors (Lipinski definition) is 3. The molecule has 1 fully saturated rings. The maximum atomic E-state index is 12.6. The SMILES string of the molecule is CCC1(CNCC(C(N)=NO)C(F)(F)F)CC1. The van der Waals surface area contributed by atoms with Crippen molar-refractivity contribution in [3.8, 4) is 0 Å². The summed E-state index contributed by atoms with van der Waals surface area (Å²) in [6, 6.07) is 0. The van der Waals surface area contributed by atoms with Crippen molar-refractivity contribution < 1.29 is 18.4 Å². The maximum absolute atomic E-state index is 12.6. The number of hydrogen-bond acceptors (Lipinski definition) is 3. The molecule has 1 aliphatic carbocycles. The van der Waals surface area contributed by atoms with E-state index in [0.717, 1.165) is 19.3 Å². The Morgan fingerprint density at radius 3 is 2.47 bits per heavy atom. The lowest BCUT2D eigenvalue weighted by Gasteiger charge is -2.21. The van der Waals surface area contributed by atoms with Crippen LogP contribution >= 0.6 is 0 Å². The number of rotatable bonds is 6. The molecule has 4 nitrogen and oxygen atoms in total. The average Bonchev–Trinajstić information content (AvgIpc) is 3.02. The molecule has 17 heavy (non-hydrogen) atoms. The first-order chi connectivity index (χ1) is 7.84. The summed E-state index contributed by atoms with van der Waals surface area (Å²) < 4.78 is 37.7. The number of alkyl halides is 3. The number of halogens is 3. The van der Waals surface area contributed by atoms with Crippen LogP contribution in [0, 0.1) is 11.3 Å². The fourth-order valence-electron chi connectivity index (χ4n) is 1.77. The minimum Gasteiger partial charge on any atom is -0.409 e. The van der Waals surface area contributed by atoms with Crippen LogP contribution in [0.15, 0.2) is 5.16 Å². The average molecular weight is 253 g/mol. The monoisotopic (exact) mass is 253 g/mol. The van der Waals surface area contributed by atoms with E-state index in [1.807, 2.05) is 6.92 Å². The van der Waals surface area contributed by atoms with Gasteiger partial charge in [0.15, 0.2) is 5.84 Å². The number of amidine groups is 1. The van der Waals surface area contributed by atoms with Crippen molar-refractivity contribution in [1.82, 2.24) is 5.32 Å². The first-order valence-corrected chi connectivity index (χ1v) is 5.59. The normalized spacial score (nSPS) is 21.3. The smallest absolute Gasteiger partial charge is 0.400 e. The van der Waals surface area contributed by atoms with E-state index in [1.165, 1.54) is 0 Å². The minimum atomic E-state index is -4.49. The summed E-state index contributed by atoms with van der Waals surface area (Å²) in [5.74, 6) is -2.73. The topological polar surface area (TPSA) is 70.6 Å². The molecular formula is C10H18F3N3O. The van der Waals surface area contributed by atoms with E-state index in [9.17, 15) is 13.2 Å². The molecule has 0 amide bonds. The predicted molar refractivity (Wildman–Crippen MR) is 57.8 cm³/mol. The zero-order valence-electron chi connectivity index (χ0n) is 9.72. The summed E-state index contributed by atoms with van der Waals surface area (Å²) in [6.45, 7) is 2.23. The molecule has 0 radical (unpaired) electrons. The van der Waals surface area contributed by atoms with Gasteiger partial charge in [-0.2, -0.15) is 13.2 Å². The fraction of sp³-hybridized carbons (Fsp3) is 0.900. The van der Waals surface area contributed by atoms with Crippen molar-refractivity contribution >= 4 is 5.84 Å². The van der Waals surface area contributed by atoms with Gasteiger partial charge in [-0.3, -0.25) is 0 Å². The molecule has 4 N–H and O–H groups in total. The van der Waals surface area contributed by atoms with Crippen LogP contribution in [0.25, 0.3) is 0 Å². The molecule has 0 saturated heterocycles. The molecule has 1 aliphatic rings. The van der Waals surface area contributed by atoms with E-state index >= 15 is 0 Å². The van der Waals surface area contributed by atoms with Gasteiger partial charge in [0.1, 0.15) is 5.92 Å². The van der Waals surface area contributed by atoms with Crippen molar-refractivity contribution in [1.29, 1.82) is 0 Å². The Balaban J connectivity index is 2.45. The molecule has 1 atom stereocenters. The lowest BCUT2D eigenvalue weighted by atomic mass is 10.0. The van der Waals surface area contributed by atoms with Crippen LogP contribution in [0.2, 0.25) is 0 Å². The Kier molecular flexibility index (Phi) is 4.24. The maximum Gasteiger partial charge on any atom is 0.400 e. The van der Waals surface area contributed by atoms with Crippen molar-refractivity contribution in [2.45, 2.75) is 32.4 Å². The van der Waals surface area contributed by atoms with E-state index in [4.69, 9.17) is 10.9 Å². The molecule has 100 valence electrons. The van der Waals surface area contributed by atoms with Gasteiger partial charge in [-0.25, -0.2) is 0 Å². The predicted octanol–water partition coefficient (Wildman–Crippen LogP) is 1.69. The van der Waals surface area contributed by atoms with Gasteiger partial charge in [0.05, 0.1) is 0 Å². The third kappa shape index (κ3) is 3.76. The summed E-state index contributed by atoms with van der Waals surface area (Å²) in [5.41, 5.74) is 5.21. The van der Waals surface area contributed by atoms with Crippen molar-refractivity contribution in [3.63, 3.8) is 0 Å². The van der Waals surface area contributed by atoms with Crippen LogP contribution in [0.4, 0.5) is 13.2 Å². The number of oxime groups is 1. The van der Waals surface area contributed by atoms with Gasteiger partial charge in [-0.15, -0.1) is 0 Å². The molecule has 0 spiro atoms. The van der Waals surface area contributed by atoms with Gasteiger partial charge in [-0.1, -0.05) is 12.1 Å². The minimum absolute atomic E-state index is 0.168. The largest absolute Gasteiger partial charge is 0.409 e. The van der Waals surface area contributed by atoms with E-state index in [0.29, 0.717) is 6.54 Å². The number of nitrogens with one attached hydrogen (secondary N) is 1. The van der Waals surface area contributed by atoms with Crippen LogP contribution < -0.4 is 11.1 Å². The summed E-state index contributed by atoms with van der Waals surface area (Å²) >= 11 is 0. The van der Waals surface area contributed by atoms with Gasteiger partial charge < -0.3 is 16.3 Å².